The summed E-state index contributed by atoms with van der Waals surface area (Å²) in [5, 5.41) is 14.9. The molecule has 124 valence electrons. The van der Waals surface area contributed by atoms with Crippen LogP contribution in [0.2, 0.25) is 10.0 Å². The largest absolute Gasteiger partial charge is 0.345 e. The number of amides is 1. The van der Waals surface area contributed by atoms with Gasteiger partial charge in [0.05, 0.1) is 28.0 Å². The monoisotopic (exact) mass is 363 g/mol. The van der Waals surface area contributed by atoms with Crippen molar-refractivity contribution < 1.29 is 4.79 Å². The highest BCUT2D eigenvalue weighted by molar-refractivity contribution is 6.42. The number of nitrogens with one attached hydrogen (secondary N) is 2. The van der Waals surface area contributed by atoms with E-state index in [4.69, 9.17) is 23.2 Å². The number of aromatic nitrogens is 4. The summed E-state index contributed by atoms with van der Waals surface area (Å²) < 4.78 is 1.81. The predicted octanol–water partition coefficient (Wildman–Crippen LogP) is 3.53. The van der Waals surface area contributed by atoms with Gasteiger partial charge in [-0.2, -0.15) is 10.2 Å². The third-order valence-corrected chi connectivity index (χ3v) is 4.23. The third-order valence-electron chi connectivity index (χ3n) is 3.49. The van der Waals surface area contributed by atoms with Gasteiger partial charge in [-0.3, -0.25) is 14.6 Å². The van der Waals surface area contributed by atoms with Crippen LogP contribution in [0.15, 0.2) is 36.5 Å². The lowest BCUT2D eigenvalue weighted by atomic mass is 10.1. The Hall–Kier alpha value is -2.31. The van der Waals surface area contributed by atoms with Gasteiger partial charge in [-0.15, -0.1) is 0 Å². The summed E-state index contributed by atoms with van der Waals surface area (Å²) >= 11 is 11.9. The van der Waals surface area contributed by atoms with E-state index < -0.39 is 0 Å². The van der Waals surface area contributed by atoms with Crippen molar-refractivity contribution in [2.45, 2.75) is 20.0 Å². The van der Waals surface area contributed by atoms with E-state index in [1.54, 1.807) is 28.9 Å². The van der Waals surface area contributed by atoms with Gasteiger partial charge in [0.2, 0.25) is 0 Å². The summed E-state index contributed by atoms with van der Waals surface area (Å²) in [6, 6.07) is 8.73. The number of rotatable bonds is 5. The SMILES string of the molecule is CCn1ccc(CNC(=O)c2cc(-c3ccc(Cl)c(Cl)c3)n[nH]2)n1. The number of hydrogen-bond acceptors (Lipinski definition) is 3. The maximum atomic E-state index is 12.2. The molecule has 1 amide bonds. The molecule has 3 aromatic rings. The highest BCUT2D eigenvalue weighted by Crippen LogP contribution is 2.27. The molecule has 0 saturated carbocycles. The van der Waals surface area contributed by atoms with Crippen molar-refractivity contribution in [3.8, 4) is 11.3 Å². The first kappa shape index (κ1) is 16.5. The van der Waals surface area contributed by atoms with Gasteiger partial charge in [0.15, 0.2) is 0 Å². The van der Waals surface area contributed by atoms with Crippen LogP contribution in [0.5, 0.6) is 0 Å². The van der Waals surface area contributed by atoms with E-state index >= 15 is 0 Å². The number of halogens is 2. The van der Waals surface area contributed by atoms with E-state index in [1.807, 2.05) is 19.2 Å². The molecule has 2 aromatic heterocycles. The molecule has 0 unspecified atom stereocenters. The molecule has 0 aliphatic heterocycles. The highest BCUT2D eigenvalue weighted by atomic mass is 35.5. The first-order valence-electron chi connectivity index (χ1n) is 7.38. The van der Waals surface area contributed by atoms with Gasteiger partial charge in [-0.05, 0) is 31.2 Å². The molecule has 1 aromatic carbocycles. The van der Waals surface area contributed by atoms with Crippen LogP contribution in [0.25, 0.3) is 11.3 Å². The van der Waals surface area contributed by atoms with Crippen LogP contribution >= 0.6 is 23.2 Å². The van der Waals surface area contributed by atoms with Crippen molar-refractivity contribution in [2.24, 2.45) is 0 Å². The standard InChI is InChI=1S/C16H15Cl2N5O/c1-2-23-6-5-11(22-23)9-19-16(24)15-8-14(20-21-15)10-3-4-12(17)13(18)7-10/h3-8H,2,9H2,1H3,(H,19,24)(H,20,21). The minimum Gasteiger partial charge on any atom is -0.345 e. The second-order valence-electron chi connectivity index (χ2n) is 5.14. The van der Waals surface area contributed by atoms with Crippen molar-refractivity contribution in [1.29, 1.82) is 0 Å². The predicted molar refractivity (Wildman–Crippen MR) is 93.1 cm³/mol. The van der Waals surface area contributed by atoms with Crippen LogP contribution < -0.4 is 5.32 Å². The molecular formula is C16H15Cl2N5O. The summed E-state index contributed by atoms with van der Waals surface area (Å²) in [4.78, 5) is 12.2. The Kier molecular flexibility index (Phi) is 4.87. The van der Waals surface area contributed by atoms with Crippen molar-refractivity contribution in [3.63, 3.8) is 0 Å². The van der Waals surface area contributed by atoms with Gasteiger partial charge >= 0.3 is 0 Å². The van der Waals surface area contributed by atoms with E-state index in [2.05, 4.69) is 20.6 Å². The van der Waals surface area contributed by atoms with E-state index in [1.165, 1.54) is 0 Å². The van der Waals surface area contributed by atoms with Crippen molar-refractivity contribution in [1.82, 2.24) is 25.3 Å². The maximum Gasteiger partial charge on any atom is 0.269 e. The Balaban J connectivity index is 1.67. The second-order valence-corrected chi connectivity index (χ2v) is 5.96. The molecule has 3 rings (SSSR count). The number of hydrogen-bond donors (Lipinski definition) is 2. The number of aromatic amines is 1. The molecule has 6 nitrogen and oxygen atoms in total. The van der Waals surface area contributed by atoms with Gasteiger partial charge in [0, 0.05) is 18.3 Å². The van der Waals surface area contributed by atoms with E-state index in [0.29, 0.717) is 28.0 Å². The average molecular weight is 364 g/mol. The van der Waals surface area contributed by atoms with Crippen LogP contribution in [-0.4, -0.2) is 25.9 Å². The molecule has 2 N–H and O–H groups in total. The van der Waals surface area contributed by atoms with Crippen LogP contribution in [0.1, 0.15) is 23.1 Å². The Bertz CT molecular complexity index is 871. The van der Waals surface area contributed by atoms with E-state index in [-0.39, 0.29) is 5.91 Å². The molecule has 24 heavy (non-hydrogen) atoms. The van der Waals surface area contributed by atoms with Gasteiger partial charge in [-0.25, -0.2) is 0 Å². The van der Waals surface area contributed by atoms with E-state index in [9.17, 15) is 4.79 Å². The molecule has 8 heteroatoms. The number of nitrogens with zero attached hydrogens (tertiary/aromatic N) is 3. The minimum atomic E-state index is -0.250. The Morgan fingerprint density at radius 1 is 1.25 bits per heavy atom. The number of H-pyrrole nitrogens is 1. The van der Waals surface area contributed by atoms with E-state index in [0.717, 1.165) is 17.8 Å². The number of benzene rings is 1. The fourth-order valence-electron chi connectivity index (χ4n) is 2.18. The van der Waals surface area contributed by atoms with Crippen LogP contribution in [-0.2, 0) is 13.1 Å². The molecule has 0 atom stereocenters. The molecule has 0 bridgehead atoms. The highest BCUT2D eigenvalue weighted by Gasteiger charge is 2.12. The average Bonchev–Trinajstić information content (AvgIpc) is 3.24. The Labute approximate surface area is 148 Å². The van der Waals surface area contributed by atoms with Crippen LogP contribution in [0, 0.1) is 0 Å². The molecule has 0 aliphatic carbocycles. The molecular weight excluding hydrogens is 349 g/mol. The molecule has 2 heterocycles. The lowest BCUT2D eigenvalue weighted by Crippen LogP contribution is -2.23. The second kappa shape index (κ2) is 7.07. The van der Waals surface area contributed by atoms with Crippen LogP contribution in [0.3, 0.4) is 0 Å². The molecule has 0 saturated heterocycles. The summed E-state index contributed by atoms with van der Waals surface area (Å²) in [7, 11) is 0. The third kappa shape index (κ3) is 3.60. The lowest BCUT2D eigenvalue weighted by molar-refractivity contribution is 0.0945. The summed E-state index contributed by atoms with van der Waals surface area (Å²) in [5.74, 6) is -0.250. The zero-order valence-corrected chi connectivity index (χ0v) is 14.4. The molecule has 0 fully saturated rings. The maximum absolute atomic E-state index is 12.2. The first-order chi connectivity index (χ1) is 11.6. The van der Waals surface area contributed by atoms with Crippen molar-refractivity contribution in [3.05, 3.63) is 58.0 Å². The van der Waals surface area contributed by atoms with Gasteiger partial charge < -0.3 is 5.32 Å². The summed E-state index contributed by atoms with van der Waals surface area (Å²) in [6.45, 7) is 3.15. The normalized spacial score (nSPS) is 10.8. The lowest BCUT2D eigenvalue weighted by Gasteiger charge is -2.00. The number of carbonyl (C=O) groups excluding carboxylic acids is 1. The fourth-order valence-corrected chi connectivity index (χ4v) is 2.48. The molecule has 0 radical (unpaired) electrons. The Morgan fingerprint density at radius 3 is 2.79 bits per heavy atom. The molecule has 0 spiro atoms. The smallest absolute Gasteiger partial charge is 0.269 e. The van der Waals surface area contributed by atoms with Gasteiger partial charge in [-0.1, -0.05) is 29.3 Å². The van der Waals surface area contributed by atoms with Crippen molar-refractivity contribution in [2.75, 3.05) is 0 Å². The van der Waals surface area contributed by atoms with Gasteiger partial charge in [0.1, 0.15) is 5.69 Å². The zero-order chi connectivity index (χ0) is 17.1. The first-order valence-corrected chi connectivity index (χ1v) is 8.13. The quantitative estimate of drug-likeness (QED) is 0.727. The van der Waals surface area contributed by atoms with Crippen molar-refractivity contribution >= 4 is 29.1 Å². The number of carbonyl (C=O) groups is 1. The Morgan fingerprint density at radius 2 is 2.08 bits per heavy atom. The zero-order valence-electron chi connectivity index (χ0n) is 12.9. The van der Waals surface area contributed by atoms with Gasteiger partial charge in [0.25, 0.3) is 5.91 Å². The number of aryl methyl sites for hydroxylation is 1. The minimum absolute atomic E-state index is 0.250. The summed E-state index contributed by atoms with van der Waals surface area (Å²) in [5.41, 5.74) is 2.57. The fraction of sp³-hybridized carbons (Fsp3) is 0.188. The summed E-state index contributed by atoms with van der Waals surface area (Å²) in [6.07, 6.45) is 1.88. The molecule has 0 aliphatic rings. The topological polar surface area (TPSA) is 75.6 Å². The van der Waals surface area contributed by atoms with Crippen LogP contribution in [0.4, 0.5) is 0 Å².